The van der Waals surface area contributed by atoms with Gasteiger partial charge in [0, 0.05) is 16.2 Å². The summed E-state index contributed by atoms with van der Waals surface area (Å²) < 4.78 is 15.1. The lowest BCUT2D eigenvalue weighted by molar-refractivity contribution is -0.133. The van der Waals surface area contributed by atoms with Gasteiger partial charge in [-0.25, -0.2) is 4.79 Å². The highest BCUT2D eigenvalue weighted by atomic mass is 32.2. The van der Waals surface area contributed by atoms with Crippen LogP contribution in [0.5, 0.6) is 5.75 Å². The van der Waals surface area contributed by atoms with E-state index < -0.39 is 5.97 Å². The number of carbonyl (C=O) groups is 1. The second kappa shape index (κ2) is 9.03. The minimum Gasteiger partial charge on any atom is -0.503 e. The maximum atomic E-state index is 12.0. The van der Waals surface area contributed by atoms with Gasteiger partial charge in [0.2, 0.25) is 0 Å². The van der Waals surface area contributed by atoms with Gasteiger partial charge in [-0.2, -0.15) is 0 Å². The molecule has 5 heteroatoms. The molecule has 0 fully saturated rings. The van der Waals surface area contributed by atoms with Gasteiger partial charge in [0.05, 0.1) is 27.6 Å². The van der Waals surface area contributed by atoms with Crippen molar-refractivity contribution in [1.82, 2.24) is 0 Å². The molecule has 0 heterocycles. The summed E-state index contributed by atoms with van der Waals surface area (Å²) in [6.07, 6.45) is 1.41. The first kappa shape index (κ1) is 17.9. The second-order valence-corrected chi connectivity index (χ2v) is 5.91. The zero-order valence-corrected chi connectivity index (χ0v) is 14.8. The maximum Gasteiger partial charge on any atom is 0.341 e. The first-order chi connectivity index (χ1) is 11.7. The van der Waals surface area contributed by atoms with Gasteiger partial charge in [0.1, 0.15) is 11.3 Å². The van der Waals surface area contributed by atoms with Gasteiger partial charge in [-0.15, -0.1) is 11.8 Å². The van der Waals surface area contributed by atoms with Crippen LogP contribution in [0.3, 0.4) is 0 Å². The fourth-order valence-corrected chi connectivity index (χ4v) is 3.20. The van der Waals surface area contributed by atoms with Crippen LogP contribution in [0, 0.1) is 0 Å². The Kier molecular flexibility index (Phi) is 6.75. The highest BCUT2D eigenvalue weighted by Gasteiger charge is 2.16. The summed E-state index contributed by atoms with van der Waals surface area (Å²) in [6, 6.07) is 15.6. The van der Waals surface area contributed by atoms with Crippen LogP contribution in [-0.2, 0) is 20.0 Å². The lowest BCUT2D eigenvalue weighted by Crippen LogP contribution is -2.05. The molecule has 0 N–H and O–H groups in total. The highest BCUT2D eigenvalue weighted by molar-refractivity contribution is 7.98. The average molecular weight is 344 g/mol. The van der Waals surface area contributed by atoms with Crippen LogP contribution in [0.15, 0.2) is 59.7 Å². The normalized spacial score (nSPS) is 11.0. The Morgan fingerprint density at radius 3 is 2.58 bits per heavy atom. The first-order valence-corrected chi connectivity index (χ1v) is 8.34. The number of ether oxygens (including phenoxy) is 3. The van der Waals surface area contributed by atoms with E-state index in [2.05, 4.69) is 0 Å². The molecule has 0 saturated heterocycles. The predicted molar refractivity (Wildman–Crippen MR) is 96.0 cm³/mol. The van der Waals surface area contributed by atoms with E-state index in [1.807, 2.05) is 48.5 Å². The van der Waals surface area contributed by atoms with Crippen LogP contribution < -0.4 is 4.74 Å². The summed E-state index contributed by atoms with van der Waals surface area (Å²) in [5.74, 6) is 1.16. The molecule has 0 aromatic heterocycles. The molecule has 2 rings (SSSR count). The van der Waals surface area contributed by atoms with Crippen molar-refractivity contribution < 1.29 is 19.0 Å². The molecular formula is C19H20O4S. The number of thioether (sulfide) groups is 1. The summed E-state index contributed by atoms with van der Waals surface area (Å²) >= 11 is 1.64. The molecule has 0 unspecified atom stereocenters. The van der Waals surface area contributed by atoms with Crippen LogP contribution in [0.1, 0.15) is 11.1 Å². The van der Waals surface area contributed by atoms with Crippen LogP contribution in [0.25, 0.3) is 5.57 Å². The van der Waals surface area contributed by atoms with Crippen molar-refractivity contribution in [1.29, 1.82) is 0 Å². The lowest BCUT2D eigenvalue weighted by atomic mass is 10.1. The Morgan fingerprint density at radius 2 is 1.88 bits per heavy atom. The van der Waals surface area contributed by atoms with E-state index in [-0.39, 0.29) is 0 Å². The maximum absolute atomic E-state index is 12.0. The van der Waals surface area contributed by atoms with Gasteiger partial charge in [-0.3, -0.25) is 0 Å². The molecule has 24 heavy (non-hydrogen) atoms. The van der Waals surface area contributed by atoms with Crippen molar-refractivity contribution in [3.63, 3.8) is 0 Å². The fourth-order valence-electron chi connectivity index (χ4n) is 2.19. The Labute approximate surface area is 146 Å². The summed E-state index contributed by atoms with van der Waals surface area (Å²) in [5, 5.41) is 0. The number of esters is 1. The Balaban J connectivity index is 2.25. The zero-order chi connectivity index (χ0) is 17.4. The average Bonchev–Trinajstić information content (AvgIpc) is 2.64. The van der Waals surface area contributed by atoms with Gasteiger partial charge in [0.15, 0.2) is 0 Å². The van der Waals surface area contributed by atoms with Gasteiger partial charge in [-0.1, -0.05) is 30.3 Å². The molecule has 0 aliphatic heterocycles. The van der Waals surface area contributed by atoms with Crippen molar-refractivity contribution in [3.8, 4) is 5.75 Å². The van der Waals surface area contributed by atoms with E-state index in [1.54, 1.807) is 18.9 Å². The SMILES string of the molecule is COC=C(C(=O)OC)c1ccccc1SCc1cccc(OC)c1. The third-order valence-corrected chi connectivity index (χ3v) is 4.49. The van der Waals surface area contributed by atoms with Crippen molar-refractivity contribution >= 4 is 23.3 Å². The number of rotatable bonds is 7. The minimum absolute atomic E-state index is 0.397. The molecule has 2 aromatic carbocycles. The van der Waals surface area contributed by atoms with Crippen LogP contribution in [-0.4, -0.2) is 27.3 Å². The summed E-state index contributed by atoms with van der Waals surface area (Å²) in [6.45, 7) is 0. The van der Waals surface area contributed by atoms with Crippen LogP contribution in [0.2, 0.25) is 0 Å². The van der Waals surface area contributed by atoms with Crippen molar-refractivity contribution in [2.24, 2.45) is 0 Å². The number of hydrogen-bond acceptors (Lipinski definition) is 5. The molecule has 0 saturated carbocycles. The first-order valence-electron chi connectivity index (χ1n) is 7.36. The van der Waals surface area contributed by atoms with E-state index in [1.165, 1.54) is 20.5 Å². The van der Waals surface area contributed by atoms with Gasteiger partial charge in [-0.05, 0) is 23.8 Å². The summed E-state index contributed by atoms with van der Waals surface area (Å²) in [5.41, 5.74) is 2.33. The number of methoxy groups -OCH3 is 3. The molecule has 2 aromatic rings. The topological polar surface area (TPSA) is 44.8 Å². The molecule has 0 radical (unpaired) electrons. The van der Waals surface area contributed by atoms with E-state index in [0.29, 0.717) is 5.57 Å². The second-order valence-electron chi connectivity index (χ2n) is 4.90. The summed E-state index contributed by atoms with van der Waals surface area (Å²) in [7, 11) is 4.52. The molecule has 0 spiro atoms. The molecule has 0 atom stereocenters. The van der Waals surface area contributed by atoms with Crippen LogP contribution >= 0.6 is 11.8 Å². The zero-order valence-electron chi connectivity index (χ0n) is 13.9. The minimum atomic E-state index is -0.425. The van der Waals surface area contributed by atoms with Gasteiger partial charge < -0.3 is 14.2 Å². The number of carbonyl (C=O) groups excluding carboxylic acids is 1. The van der Waals surface area contributed by atoms with E-state index in [9.17, 15) is 4.79 Å². The molecule has 0 amide bonds. The van der Waals surface area contributed by atoms with Crippen molar-refractivity contribution in [2.45, 2.75) is 10.6 Å². The third-order valence-electron chi connectivity index (χ3n) is 3.35. The number of benzene rings is 2. The molecular weight excluding hydrogens is 324 g/mol. The predicted octanol–water partition coefficient (Wildman–Crippen LogP) is 4.15. The largest absolute Gasteiger partial charge is 0.503 e. The van der Waals surface area contributed by atoms with Crippen molar-refractivity contribution in [3.05, 3.63) is 65.9 Å². The van der Waals surface area contributed by atoms with Crippen LogP contribution in [0.4, 0.5) is 0 Å². The van der Waals surface area contributed by atoms with E-state index >= 15 is 0 Å². The summed E-state index contributed by atoms with van der Waals surface area (Å²) in [4.78, 5) is 13.0. The monoisotopic (exact) mass is 344 g/mol. The molecule has 0 bridgehead atoms. The van der Waals surface area contributed by atoms with Gasteiger partial charge >= 0.3 is 5.97 Å². The standard InChI is InChI=1S/C19H20O4S/c1-21-12-17(19(20)23-3)16-9-4-5-10-18(16)24-13-14-7-6-8-15(11-14)22-2/h4-12H,13H2,1-3H3. The highest BCUT2D eigenvalue weighted by Crippen LogP contribution is 2.31. The molecule has 4 nitrogen and oxygen atoms in total. The molecule has 0 aliphatic rings. The quantitative estimate of drug-likeness (QED) is 0.327. The number of hydrogen-bond donors (Lipinski definition) is 0. The Hall–Kier alpha value is -2.40. The van der Waals surface area contributed by atoms with Crippen molar-refractivity contribution in [2.75, 3.05) is 21.3 Å². The van der Waals surface area contributed by atoms with E-state index in [0.717, 1.165) is 27.5 Å². The molecule has 126 valence electrons. The Bertz CT molecular complexity index is 725. The smallest absolute Gasteiger partial charge is 0.341 e. The lowest BCUT2D eigenvalue weighted by Gasteiger charge is -2.11. The third kappa shape index (κ3) is 4.55. The fraction of sp³-hybridized carbons (Fsp3) is 0.211. The Morgan fingerprint density at radius 1 is 1.08 bits per heavy atom. The van der Waals surface area contributed by atoms with Gasteiger partial charge in [0.25, 0.3) is 0 Å². The molecule has 0 aliphatic carbocycles. The van der Waals surface area contributed by atoms with E-state index in [4.69, 9.17) is 14.2 Å².